The van der Waals surface area contributed by atoms with Gasteiger partial charge in [0.25, 0.3) is 0 Å². The summed E-state index contributed by atoms with van der Waals surface area (Å²) in [7, 11) is 1.48. The van der Waals surface area contributed by atoms with Gasteiger partial charge >= 0.3 is 12.1 Å². The molecule has 2 amide bonds. The van der Waals surface area contributed by atoms with Gasteiger partial charge in [-0.3, -0.25) is 9.59 Å². The lowest BCUT2D eigenvalue weighted by molar-refractivity contribution is -0.145. The van der Waals surface area contributed by atoms with Gasteiger partial charge in [-0.15, -0.1) is 0 Å². The predicted octanol–water partition coefficient (Wildman–Crippen LogP) is 3.25. The Balaban J connectivity index is 1.58. The molecule has 1 aliphatic carbocycles. The number of carboxylic acids is 1. The lowest BCUT2D eigenvalue weighted by Gasteiger charge is -2.24. The summed E-state index contributed by atoms with van der Waals surface area (Å²) < 4.78 is 10.5. The molecule has 2 aromatic rings. The maximum absolute atomic E-state index is 12.6. The molecule has 0 spiro atoms. The first-order chi connectivity index (χ1) is 15.9. The number of hydrogen-bond donors (Lipinski definition) is 2. The van der Waals surface area contributed by atoms with E-state index in [4.69, 9.17) is 14.6 Å². The first kappa shape index (κ1) is 24.3. The van der Waals surface area contributed by atoms with Gasteiger partial charge in [-0.25, -0.2) is 4.79 Å². The molecular formula is C25H30N2O6. The number of benzene rings is 2. The highest BCUT2D eigenvalue weighted by atomic mass is 16.5. The van der Waals surface area contributed by atoms with Crippen LogP contribution in [-0.2, 0) is 19.1 Å². The van der Waals surface area contributed by atoms with Gasteiger partial charge in [0.2, 0.25) is 5.91 Å². The van der Waals surface area contributed by atoms with Crippen LogP contribution < -0.4 is 5.32 Å². The first-order valence-electron chi connectivity index (χ1n) is 11.0. The maximum atomic E-state index is 12.6. The molecule has 0 saturated carbocycles. The van der Waals surface area contributed by atoms with Crippen LogP contribution in [0, 0.1) is 0 Å². The van der Waals surface area contributed by atoms with E-state index in [1.54, 1.807) is 0 Å². The Bertz CT molecular complexity index is 947. The van der Waals surface area contributed by atoms with E-state index in [-0.39, 0.29) is 38.0 Å². The second kappa shape index (κ2) is 11.5. The van der Waals surface area contributed by atoms with Crippen LogP contribution in [0.15, 0.2) is 48.5 Å². The van der Waals surface area contributed by atoms with Crippen LogP contribution >= 0.6 is 0 Å². The highest BCUT2D eigenvalue weighted by Crippen LogP contribution is 2.44. The molecule has 0 aromatic heterocycles. The van der Waals surface area contributed by atoms with Gasteiger partial charge in [0.05, 0.1) is 6.61 Å². The Hall–Kier alpha value is -3.39. The molecule has 3 rings (SSSR count). The Morgan fingerprint density at radius 1 is 1.06 bits per heavy atom. The fourth-order valence-electron chi connectivity index (χ4n) is 4.10. The molecule has 8 nitrogen and oxygen atoms in total. The molecule has 0 unspecified atom stereocenters. The molecule has 0 radical (unpaired) electrons. The highest BCUT2D eigenvalue weighted by Gasteiger charge is 2.29. The Kier molecular flexibility index (Phi) is 8.43. The van der Waals surface area contributed by atoms with Crippen molar-refractivity contribution in [1.29, 1.82) is 0 Å². The monoisotopic (exact) mass is 454 g/mol. The minimum Gasteiger partial charge on any atom is -0.480 e. The van der Waals surface area contributed by atoms with Gasteiger partial charge < -0.3 is 24.8 Å². The van der Waals surface area contributed by atoms with Gasteiger partial charge in [0.15, 0.2) is 0 Å². The fraction of sp³-hybridized carbons (Fsp3) is 0.400. The normalized spacial score (nSPS) is 13.0. The van der Waals surface area contributed by atoms with Crippen LogP contribution in [0.4, 0.5) is 4.79 Å². The Labute approximate surface area is 193 Å². The zero-order chi connectivity index (χ0) is 23.8. The van der Waals surface area contributed by atoms with E-state index in [9.17, 15) is 14.4 Å². The zero-order valence-electron chi connectivity index (χ0n) is 19.0. The molecule has 2 aromatic carbocycles. The minimum atomic E-state index is -1.10. The summed E-state index contributed by atoms with van der Waals surface area (Å²) in [6.45, 7) is 2.02. The molecule has 0 aliphatic heterocycles. The van der Waals surface area contributed by atoms with Crippen molar-refractivity contribution in [2.24, 2.45) is 0 Å². The van der Waals surface area contributed by atoms with E-state index in [2.05, 4.69) is 17.4 Å². The number of nitrogens with one attached hydrogen (secondary N) is 1. The number of amides is 2. The number of hydrogen-bond acceptors (Lipinski definition) is 5. The Morgan fingerprint density at radius 2 is 1.67 bits per heavy atom. The number of nitrogens with zero attached hydrogens (tertiary/aromatic N) is 1. The summed E-state index contributed by atoms with van der Waals surface area (Å²) in [5, 5.41) is 11.8. The summed E-state index contributed by atoms with van der Waals surface area (Å²) in [4.78, 5) is 37.4. The second-order valence-electron chi connectivity index (χ2n) is 7.98. The number of rotatable bonds is 11. The topological polar surface area (TPSA) is 105 Å². The molecule has 176 valence electrons. The number of carbonyl (C=O) groups excluding carboxylic acids is 2. The quantitative estimate of drug-likeness (QED) is 0.540. The molecule has 1 aliphatic rings. The van der Waals surface area contributed by atoms with Crippen molar-refractivity contribution in [3.8, 4) is 11.1 Å². The summed E-state index contributed by atoms with van der Waals surface area (Å²) in [5.41, 5.74) is 4.54. The van der Waals surface area contributed by atoms with Gasteiger partial charge in [-0.05, 0) is 28.7 Å². The number of ether oxygens (including phenoxy) is 2. The van der Waals surface area contributed by atoms with Crippen LogP contribution in [0.1, 0.15) is 36.8 Å². The number of carbonyl (C=O) groups is 3. The summed E-state index contributed by atoms with van der Waals surface area (Å²) >= 11 is 0. The third-order valence-corrected chi connectivity index (χ3v) is 5.82. The third-order valence-electron chi connectivity index (χ3n) is 5.82. The highest BCUT2D eigenvalue weighted by molar-refractivity contribution is 5.82. The molecule has 0 heterocycles. The average Bonchev–Trinajstić information content (AvgIpc) is 3.13. The van der Waals surface area contributed by atoms with Crippen molar-refractivity contribution in [2.45, 2.75) is 31.7 Å². The van der Waals surface area contributed by atoms with E-state index in [1.165, 1.54) is 12.0 Å². The zero-order valence-corrected chi connectivity index (χ0v) is 19.0. The SMILES string of the molecule is CC[C@H](CC(=O)N(CCOC)CC(=O)O)NC(=O)OCC1c2ccccc2-c2ccccc21. The Morgan fingerprint density at radius 3 is 2.21 bits per heavy atom. The number of aliphatic carboxylic acids is 1. The predicted molar refractivity (Wildman–Crippen MR) is 123 cm³/mol. The number of fused-ring (bicyclic) bond motifs is 3. The van der Waals surface area contributed by atoms with Crippen LogP contribution in [0.25, 0.3) is 11.1 Å². The average molecular weight is 455 g/mol. The van der Waals surface area contributed by atoms with E-state index < -0.39 is 24.6 Å². The van der Waals surface area contributed by atoms with Crippen LogP contribution in [0.2, 0.25) is 0 Å². The van der Waals surface area contributed by atoms with E-state index in [0.29, 0.717) is 6.42 Å². The molecule has 33 heavy (non-hydrogen) atoms. The molecule has 2 N–H and O–H groups in total. The largest absolute Gasteiger partial charge is 0.480 e. The fourth-order valence-corrected chi connectivity index (χ4v) is 4.10. The van der Waals surface area contributed by atoms with Crippen molar-refractivity contribution >= 4 is 18.0 Å². The summed E-state index contributed by atoms with van der Waals surface area (Å²) in [6.07, 6.45) is -0.114. The van der Waals surface area contributed by atoms with Crippen molar-refractivity contribution in [3.05, 3.63) is 59.7 Å². The van der Waals surface area contributed by atoms with Crippen LogP contribution in [0.5, 0.6) is 0 Å². The van der Waals surface area contributed by atoms with Crippen molar-refractivity contribution in [1.82, 2.24) is 10.2 Å². The van der Waals surface area contributed by atoms with Crippen molar-refractivity contribution < 1.29 is 29.0 Å². The molecule has 0 fully saturated rings. The molecule has 1 atom stereocenters. The standard InChI is InChI=1S/C25H30N2O6/c1-3-17(14-23(28)27(12-13-32-2)15-24(29)30)26-25(31)33-16-22-20-10-6-4-8-18(20)19-9-5-7-11-21(19)22/h4-11,17,22H,3,12-16H2,1-2H3,(H,26,31)(H,29,30)/t17-/m1/s1. The van der Waals surface area contributed by atoms with Crippen molar-refractivity contribution in [2.75, 3.05) is 33.4 Å². The molecular weight excluding hydrogens is 424 g/mol. The maximum Gasteiger partial charge on any atom is 0.407 e. The third kappa shape index (κ3) is 6.10. The molecule has 0 saturated heterocycles. The van der Waals surface area contributed by atoms with Gasteiger partial charge in [-0.1, -0.05) is 55.5 Å². The smallest absolute Gasteiger partial charge is 0.407 e. The van der Waals surface area contributed by atoms with Gasteiger partial charge in [0.1, 0.15) is 13.2 Å². The second-order valence-corrected chi connectivity index (χ2v) is 7.98. The molecule has 8 heteroatoms. The van der Waals surface area contributed by atoms with Crippen LogP contribution in [0.3, 0.4) is 0 Å². The van der Waals surface area contributed by atoms with E-state index >= 15 is 0 Å². The molecule has 0 bridgehead atoms. The first-order valence-corrected chi connectivity index (χ1v) is 11.0. The lowest BCUT2D eigenvalue weighted by Crippen LogP contribution is -2.43. The lowest BCUT2D eigenvalue weighted by atomic mass is 9.98. The number of alkyl carbamates (subject to hydrolysis) is 1. The summed E-state index contributed by atoms with van der Waals surface area (Å²) in [6, 6.07) is 15.7. The van der Waals surface area contributed by atoms with Crippen molar-refractivity contribution in [3.63, 3.8) is 0 Å². The van der Waals surface area contributed by atoms with Gasteiger partial charge in [-0.2, -0.15) is 0 Å². The minimum absolute atomic E-state index is 0.0162. The van der Waals surface area contributed by atoms with E-state index in [1.807, 2.05) is 43.3 Å². The van der Waals surface area contributed by atoms with Crippen LogP contribution in [-0.4, -0.2) is 67.4 Å². The number of methoxy groups -OCH3 is 1. The van der Waals surface area contributed by atoms with Gasteiger partial charge in [0, 0.05) is 32.0 Å². The van der Waals surface area contributed by atoms with E-state index in [0.717, 1.165) is 22.3 Å². The number of carboxylic acid groups (broad SMARTS) is 1. The summed E-state index contributed by atoms with van der Waals surface area (Å²) in [5.74, 6) is -1.51.